The van der Waals surface area contributed by atoms with Crippen molar-refractivity contribution < 1.29 is 19.0 Å². The Kier molecular flexibility index (Phi) is 7.75. The highest BCUT2D eigenvalue weighted by molar-refractivity contribution is 7.99. The first-order chi connectivity index (χ1) is 17.0. The van der Waals surface area contributed by atoms with E-state index in [1.54, 1.807) is 23.8 Å². The number of rotatable bonds is 8. The van der Waals surface area contributed by atoms with E-state index in [1.807, 2.05) is 50.2 Å². The van der Waals surface area contributed by atoms with Crippen molar-refractivity contribution in [2.24, 2.45) is 0 Å². The fraction of sp³-hybridized carbons (Fsp3) is 0.385. The Balaban J connectivity index is 1.87. The number of carbonyl (C=O) groups excluding carboxylic acids is 1. The average Bonchev–Trinajstić information content (AvgIpc) is 2.98. The summed E-state index contributed by atoms with van der Waals surface area (Å²) < 4.78 is 17.7. The zero-order chi connectivity index (χ0) is 24.9. The number of methoxy groups -OCH3 is 1. The van der Waals surface area contributed by atoms with Crippen molar-refractivity contribution >= 4 is 23.4 Å². The molecule has 1 aliphatic rings. The molecular formula is C26H30N4O4S. The van der Waals surface area contributed by atoms with Gasteiger partial charge in [0.25, 0.3) is 0 Å². The predicted molar refractivity (Wildman–Crippen MR) is 136 cm³/mol. The molecule has 0 N–H and O–H groups in total. The Hall–Kier alpha value is -3.33. The molecule has 1 unspecified atom stereocenters. The van der Waals surface area contributed by atoms with Crippen LogP contribution >= 0.6 is 11.8 Å². The second-order valence-corrected chi connectivity index (χ2v) is 9.24. The Labute approximate surface area is 210 Å². The zero-order valence-electron chi connectivity index (χ0n) is 20.7. The number of anilines is 1. The number of unbranched alkanes of at least 4 members (excludes halogenated alkanes) is 1. The lowest BCUT2D eigenvalue weighted by Gasteiger charge is -2.30. The number of benzene rings is 2. The minimum Gasteiger partial charge on any atom is -0.493 e. The van der Waals surface area contributed by atoms with Gasteiger partial charge in [0.2, 0.25) is 23.2 Å². The van der Waals surface area contributed by atoms with Crippen molar-refractivity contribution in [2.75, 3.05) is 24.4 Å². The molecule has 2 heterocycles. The van der Waals surface area contributed by atoms with E-state index < -0.39 is 6.23 Å². The highest BCUT2D eigenvalue weighted by Gasteiger charge is 2.35. The van der Waals surface area contributed by atoms with Crippen LogP contribution in [0.15, 0.2) is 41.6 Å². The fourth-order valence-corrected chi connectivity index (χ4v) is 4.78. The molecule has 1 amide bonds. The summed E-state index contributed by atoms with van der Waals surface area (Å²) in [7, 11) is 1.59. The summed E-state index contributed by atoms with van der Waals surface area (Å²) in [6.07, 6.45) is 1.36. The van der Waals surface area contributed by atoms with E-state index in [9.17, 15) is 4.79 Å². The maximum absolute atomic E-state index is 13.0. The number of ether oxygens (including phenoxy) is 3. The van der Waals surface area contributed by atoms with Gasteiger partial charge < -0.3 is 14.2 Å². The number of amides is 1. The van der Waals surface area contributed by atoms with Crippen molar-refractivity contribution in [3.8, 4) is 28.6 Å². The maximum Gasteiger partial charge on any atom is 0.247 e. The van der Waals surface area contributed by atoms with Gasteiger partial charge in [0.1, 0.15) is 0 Å². The summed E-state index contributed by atoms with van der Waals surface area (Å²) in [4.78, 5) is 19.4. The van der Waals surface area contributed by atoms with Crippen LogP contribution in [0.1, 0.15) is 51.0 Å². The summed E-state index contributed by atoms with van der Waals surface area (Å²) >= 11 is 1.54. The molecule has 3 aromatic rings. The lowest BCUT2D eigenvalue weighted by atomic mass is 10.0. The second-order valence-electron chi connectivity index (χ2n) is 8.17. The molecule has 0 saturated carbocycles. The minimum absolute atomic E-state index is 0.175. The van der Waals surface area contributed by atoms with Crippen LogP contribution in [-0.2, 0) is 4.79 Å². The third kappa shape index (κ3) is 5.19. The van der Waals surface area contributed by atoms with E-state index in [4.69, 9.17) is 19.2 Å². The van der Waals surface area contributed by atoms with Crippen molar-refractivity contribution in [3.63, 3.8) is 0 Å². The van der Waals surface area contributed by atoms with Crippen LogP contribution in [0.4, 0.5) is 5.69 Å². The molecule has 0 radical (unpaired) electrons. The van der Waals surface area contributed by atoms with Gasteiger partial charge in [-0.2, -0.15) is 4.98 Å². The molecule has 4 rings (SSSR count). The van der Waals surface area contributed by atoms with Crippen molar-refractivity contribution in [2.45, 2.75) is 51.9 Å². The Morgan fingerprint density at radius 2 is 1.97 bits per heavy atom. The highest BCUT2D eigenvalue weighted by atomic mass is 32.2. The van der Waals surface area contributed by atoms with Gasteiger partial charge in [-0.05, 0) is 50.6 Å². The summed E-state index contributed by atoms with van der Waals surface area (Å²) in [5.41, 5.74) is 3.69. The van der Waals surface area contributed by atoms with Gasteiger partial charge in [-0.15, -0.1) is 10.2 Å². The summed E-state index contributed by atoms with van der Waals surface area (Å²) in [6, 6.07) is 11.4. The van der Waals surface area contributed by atoms with E-state index in [0.717, 1.165) is 35.3 Å². The summed E-state index contributed by atoms with van der Waals surface area (Å²) in [5, 5.41) is 9.38. The molecule has 2 aromatic carbocycles. The fourth-order valence-electron chi connectivity index (χ4n) is 3.92. The van der Waals surface area contributed by atoms with Crippen LogP contribution in [-0.4, -0.2) is 40.6 Å². The Morgan fingerprint density at radius 1 is 1.14 bits per heavy atom. The normalized spacial score (nSPS) is 14.4. The third-order valence-corrected chi connectivity index (χ3v) is 6.52. The van der Waals surface area contributed by atoms with E-state index in [-0.39, 0.29) is 5.91 Å². The lowest BCUT2D eigenvalue weighted by Crippen LogP contribution is -2.36. The first kappa shape index (κ1) is 24.8. The standard InChI is InChI=1S/C26H30N4O4S/c1-6-8-13-35-26-27-24-23(28-29-26)19-14-16(3)9-11-20(19)30(17(4)31)25(34-24)18-10-12-21(33-7-2)22(15-18)32-5/h9-12,14-15,25H,6-8,13H2,1-5H3. The Morgan fingerprint density at radius 3 is 2.69 bits per heavy atom. The van der Waals surface area contributed by atoms with Crippen molar-refractivity contribution in [3.05, 3.63) is 47.5 Å². The predicted octanol–water partition coefficient (Wildman–Crippen LogP) is 5.59. The molecule has 8 nitrogen and oxygen atoms in total. The largest absolute Gasteiger partial charge is 0.493 e. The zero-order valence-corrected chi connectivity index (χ0v) is 21.5. The monoisotopic (exact) mass is 494 g/mol. The molecule has 0 aliphatic carbocycles. The van der Waals surface area contributed by atoms with Crippen LogP contribution in [0.2, 0.25) is 0 Å². The van der Waals surface area contributed by atoms with Gasteiger partial charge >= 0.3 is 0 Å². The van der Waals surface area contributed by atoms with Crippen molar-refractivity contribution in [1.29, 1.82) is 0 Å². The minimum atomic E-state index is -0.787. The van der Waals surface area contributed by atoms with Gasteiger partial charge in [-0.25, -0.2) is 0 Å². The average molecular weight is 495 g/mol. The van der Waals surface area contributed by atoms with Gasteiger partial charge in [0.05, 0.1) is 19.4 Å². The van der Waals surface area contributed by atoms with Crippen LogP contribution in [0, 0.1) is 6.92 Å². The van der Waals surface area contributed by atoms with Crippen LogP contribution in [0.5, 0.6) is 17.4 Å². The Bertz CT molecular complexity index is 1220. The molecule has 0 spiro atoms. The van der Waals surface area contributed by atoms with Crippen LogP contribution < -0.4 is 19.1 Å². The van der Waals surface area contributed by atoms with Crippen LogP contribution in [0.25, 0.3) is 11.3 Å². The summed E-state index contributed by atoms with van der Waals surface area (Å²) in [6.45, 7) is 8.08. The molecule has 0 saturated heterocycles. The smallest absolute Gasteiger partial charge is 0.247 e. The lowest BCUT2D eigenvalue weighted by molar-refractivity contribution is -0.118. The topological polar surface area (TPSA) is 86.7 Å². The molecule has 1 aromatic heterocycles. The van der Waals surface area contributed by atoms with E-state index in [1.165, 1.54) is 6.92 Å². The molecule has 35 heavy (non-hydrogen) atoms. The molecular weight excluding hydrogens is 464 g/mol. The molecule has 9 heteroatoms. The number of aromatic nitrogens is 3. The number of carbonyl (C=O) groups is 1. The molecule has 0 fully saturated rings. The molecule has 1 atom stereocenters. The number of fused-ring (bicyclic) bond motifs is 3. The van der Waals surface area contributed by atoms with E-state index in [2.05, 4.69) is 17.1 Å². The summed E-state index contributed by atoms with van der Waals surface area (Å²) in [5.74, 6) is 2.24. The van der Waals surface area contributed by atoms with Gasteiger partial charge in [0.15, 0.2) is 17.2 Å². The highest BCUT2D eigenvalue weighted by Crippen LogP contribution is 2.44. The SMILES string of the molecule is CCCCSc1nnc2c(n1)OC(c1ccc(OCC)c(OC)c1)N(C(C)=O)c1ccc(C)cc1-2. The number of nitrogens with zero attached hydrogens (tertiary/aromatic N) is 4. The quantitative estimate of drug-likeness (QED) is 0.296. The number of thioether (sulfide) groups is 1. The first-order valence-electron chi connectivity index (χ1n) is 11.7. The van der Waals surface area contributed by atoms with Crippen LogP contribution in [0.3, 0.4) is 0 Å². The number of hydrogen-bond donors (Lipinski definition) is 0. The third-order valence-electron chi connectivity index (χ3n) is 5.60. The first-order valence-corrected chi connectivity index (χ1v) is 12.7. The van der Waals surface area contributed by atoms with Crippen molar-refractivity contribution in [1.82, 2.24) is 15.2 Å². The number of aryl methyl sites for hydroxylation is 1. The van der Waals surface area contributed by atoms with Gasteiger partial charge in [0, 0.05) is 23.8 Å². The van der Waals surface area contributed by atoms with E-state index >= 15 is 0 Å². The second kappa shape index (κ2) is 10.9. The maximum atomic E-state index is 13.0. The molecule has 1 aliphatic heterocycles. The molecule has 0 bridgehead atoms. The molecule has 184 valence electrons. The van der Waals surface area contributed by atoms with Gasteiger partial charge in [-0.1, -0.05) is 36.7 Å². The number of hydrogen-bond acceptors (Lipinski definition) is 8. The van der Waals surface area contributed by atoms with E-state index in [0.29, 0.717) is 40.5 Å². The van der Waals surface area contributed by atoms with Gasteiger partial charge in [-0.3, -0.25) is 9.69 Å².